The number of nitrogens with two attached hydrogens (primary N) is 2. The molecule has 142 valence electrons. The van der Waals surface area contributed by atoms with Gasteiger partial charge in [-0.1, -0.05) is 77.6 Å². The maximum atomic E-state index is 10.6. The number of hydrogen-bond donors (Lipinski definition) is 4. The minimum Gasteiger partial charge on any atom is -0.329 e. The summed E-state index contributed by atoms with van der Waals surface area (Å²) in [7, 11) is -3.75. The lowest BCUT2D eigenvalue weighted by Gasteiger charge is -2.04. The van der Waals surface area contributed by atoms with Crippen LogP contribution in [-0.2, 0) is 4.57 Å². The largest absolute Gasteiger partial charge is 0.329 e. The van der Waals surface area contributed by atoms with Crippen LogP contribution in [0.5, 0.6) is 0 Å². The molecular weight excluding hydrogens is 311 g/mol. The van der Waals surface area contributed by atoms with Crippen LogP contribution in [0.1, 0.15) is 90.9 Å². The van der Waals surface area contributed by atoms with Gasteiger partial charge in [0.15, 0.2) is 0 Å². The van der Waals surface area contributed by atoms with E-state index < -0.39 is 7.60 Å². The first-order valence-electron chi connectivity index (χ1n) is 9.33. The maximum Gasteiger partial charge on any atom is 0.325 e. The van der Waals surface area contributed by atoms with E-state index in [9.17, 15) is 4.57 Å². The Kier molecular flexibility index (Phi) is 20.3. The quantitative estimate of drug-likeness (QED) is 0.277. The molecule has 0 rings (SSSR count). The standard InChI is InChI=1S/C14H31O3P.C3H10N2/c1-2-3-4-5-6-7-8-9-10-11-12-13-14-18(15,16)17;1-3(5)2-4/h2-14H2,1H3,(H2,15,16,17);3H,2,4-5H2,1H3. The molecule has 1 unspecified atom stereocenters. The first-order chi connectivity index (χ1) is 10.8. The van der Waals surface area contributed by atoms with Gasteiger partial charge in [0, 0.05) is 18.7 Å². The molecule has 0 aliphatic rings. The van der Waals surface area contributed by atoms with E-state index >= 15 is 0 Å². The maximum absolute atomic E-state index is 10.6. The van der Waals surface area contributed by atoms with E-state index in [0.29, 0.717) is 13.0 Å². The van der Waals surface area contributed by atoms with Gasteiger partial charge in [-0.3, -0.25) is 4.57 Å². The van der Waals surface area contributed by atoms with Crippen LogP contribution in [-0.4, -0.2) is 28.5 Å². The summed E-state index contributed by atoms with van der Waals surface area (Å²) < 4.78 is 10.6. The molecule has 0 bridgehead atoms. The van der Waals surface area contributed by atoms with Crippen LogP contribution in [0.2, 0.25) is 0 Å². The third-order valence-corrected chi connectivity index (χ3v) is 4.57. The molecule has 0 fully saturated rings. The van der Waals surface area contributed by atoms with Gasteiger partial charge in [0.2, 0.25) is 0 Å². The van der Waals surface area contributed by atoms with E-state index in [4.69, 9.17) is 21.3 Å². The minimum absolute atomic E-state index is 0.0599. The highest BCUT2D eigenvalue weighted by atomic mass is 31.2. The Morgan fingerprint density at radius 1 is 0.826 bits per heavy atom. The first kappa shape index (κ1) is 25.3. The number of rotatable bonds is 14. The fraction of sp³-hybridized carbons (Fsp3) is 1.00. The van der Waals surface area contributed by atoms with Gasteiger partial charge < -0.3 is 21.3 Å². The molecular formula is C17H41N2O3P. The molecule has 1 atom stereocenters. The molecule has 0 radical (unpaired) electrons. The van der Waals surface area contributed by atoms with Crippen LogP contribution in [0.4, 0.5) is 0 Å². The molecule has 0 saturated carbocycles. The summed E-state index contributed by atoms with van der Waals surface area (Å²) in [6, 6.07) is 0.162. The monoisotopic (exact) mass is 352 g/mol. The summed E-state index contributed by atoms with van der Waals surface area (Å²) in [5.41, 5.74) is 10.2. The lowest BCUT2D eigenvalue weighted by Crippen LogP contribution is -2.25. The summed E-state index contributed by atoms with van der Waals surface area (Å²) in [5, 5.41) is 0. The average Bonchev–Trinajstić information content (AvgIpc) is 2.48. The zero-order valence-electron chi connectivity index (χ0n) is 15.4. The van der Waals surface area contributed by atoms with Crippen LogP contribution in [0.25, 0.3) is 0 Å². The highest BCUT2D eigenvalue weighted by Gasteiger charge is 2.10. The van der Waals surface area contributed by atoms with Crippen molar-refractivity contribution in [1.29, 1.82) is 0 Å². The van der Waals surface area contributed by atoms with E-state index in [1.165, 1.54) is 57.8 Å². The van der Waals surface area contributed by atoms with Gasteiger partial charge >= 0.3 is 7.60 Å². The SMILES string of the molecule is CC(N)CN.CCCCCCCCCCCCCCP(=O)(O)O. The molecule has 0 amide bonds. The van der Waals surface area contributed by atoms with Gasteiger partial charge in [0.1, 0.15) is 0 Å². The highest BCUT2D eigenvalue weighted by molar-refractivity contribution is 7.51. The number of unbranched alkanes of at least 4 members (excludes halogenated alkanes) is 11. The van der Waals surface area contributed by atoms with E-state index in [1.807, 2.05) is 6.92 Å². The lowest BCUT2D eigenvalue weighted by molar-refractivity contribution is 0.370. The first-order valence-corrected chi connectivity index (χ1v) is 11.1. The Bertz CT molecular complexity index is 271. The topological polar surface area (TPSA) is 110 Å². The van der Waals surface area contributed by atoms with Crippen LogP contribution in [0.3, 0.4) is 0 Å². The van der Waals surface area contributed by atoms with E-state index in [2.05, 4.69) is 6.92 Å². The van der Waals surface area contributed by atoms with Crippen molar-refractivity contribution in [3.8, 4) is 0 Å². The minimum atomic E-state index is -3.75. The van der Waals surface area contributed by atoms with Crippen LogP contribution >= 0.6 is 7.60 Å². The summed E-state index contributed by atoms with van der Waals surface area (Å²) in [6.07, 6.45) is 14.8. The van der Waals surface area contributed by atoms with Crippen molar-refractivity contribution in [1.82, 2.24) is 0 Å². The van der Waals surface area contributed by atoms with Crippen LogP contribution in [0, 0.1) is 0 Å². The van der Waals surface area contributed by atoms with Crippen molar-refractivity contribution in [2.45, 2.75) is 96.9 Å². The van der Waals surface area contributed by atoms with Gasteiger partial charge in [-0.05, 0) is 13.3 Å². The predicted octanol–water partition coefficient (Wildman–Crippen LogP) is 4.16. The molecule has 5 nitrogen and oxygen atoms in total. The third kappa shape index (κ3) is 30.5. The second-order valence-electron chi connectivity index (χ2n) is 6.49. The molecule has 0 aliphatic heterocycles. The van der Waals surface area contributed by atoms with Crippen LogP contribution in [0.15, 0.2) is 0 Å². The molecule has 0 heterocycles. The predicted molar refractivity (Wildman–Crippen MR) is 101 cm³/mol. The molecule has 0 aromatic rings. The van der Waals surface area contributed by atoms with Gasteiger partial charge in [0.25, 0.3) is 0 Å². The Morgan fingerprint density at radius 2 is 1.13 bits per heavy atom. The molecule has 0 aliphatic carbocycles. The van der Waals surface area contributed by atoms with Gasteiger partial charge in [0.05, 0.1) is 0 Å². The van der Waals surface area contributed by atoms with E-state index in [-0.39, 0.29) is 12.2 Å². The average molecular weight is 352 g/mol. The fourth-order valence-corrected chi connectivity index (χ4v) is 2.79. The van der Waals surface area contributed by atoms with Gasteiger partial charge in [-0.15, -0.1) is 0 Å². The summed E-state index contributed by atoms with van der Waals surface area (Å²) >= 11 is 0. The van der Waals surface area contributed by atoms with Crippen molar-refractivity contribution in [2.75, 3.05) is 12.7 Å². The Balaban J connectivity index is 0. The van der Waals surface area contributed by atoms with E-state index in [1.54, 1.807) is 0 Å². The van der Waals surface area contributed by atoms with E-state index in [0.717, 1.165) is 12.8 Å². The molecule has 6 heteroatoms. The summed E-state index contributed by atoms with van der Waals surface area (Å²) in [6.45, 7) is 4.70. The zero-order chi connectivity index (χ0) is 18.0. The second kappa shape index (κ2) is 18.4. The summed E-state index contributed by atoms with van der Waals surface area (Å²) in [5.74, 6) is 0. The molecule has 23 heavy (non-hydrogen) atoms. The second-order valence-corrected chi connectivity index (χ2v) is 8.27. The Labute approximate surface area is 143 Å². The zero-order valence-corrected chi connectivity index (χ0v) is 16.3. The summed E-state index contributed by atoms with van der Waals surface area (Å²) in [4.78, 5) is 17.4. The Hall–Kier alpha value is 0.0700. The van der Waals surface area contributed by atoms with Gasteiger partial charge in [-0.2, -0.15) is 0 Å². The Morgan fingerprint density at radius 3 is 1.39 bits per heavy atom. The van der Waals surface area contributed by atoms with Crippen molar-refractivity contribution >= 4 is 7.60 Å². The smallest absolute Gasteiger partial charge is 0.325 e. The van der Waals surface area contributed by atoms with Crippen LogP contribution < -0.4 is 11.5 Å². The molecule has 0 aromatic heterocycles. The molecule has 0 saturated heterocycles. The van der Waals surface area contributed by atoms with Crippen molar-refractivity contribution in [2.24, 2.45) is 11.5 Å². The lowest BCUT2D eigenvalue weighted by atomic mass is 10.1. The van der Waals surface area contributed by atoms with Crippen molar-refractivity contribution in [3.05, 3.63) is 0 Å². The molecule has 6 N–H and O–H groups in total. The van der Waals surface area contributed by atoms with Crippen molar-refractivity contribution in [3.63, 3.8) is 0 Å². The van der Waals surface area contributed by atoms with Crippen molar-refractivity contribution < 1.29 is 14.4 Å². The van der Waals surface area contributed by atoms with Gasteiger partial charge in [-0.25, -0.2) is 0 Å². The molecule has 0 spiro atoms. The number of hydrogen-bond acceptors (Lipinski definition) is 3. The fourth-order valence-electron chi connectivity index (χ4n) is 2.16. The highest BCUT2D eigenvalue weighted by Crippen LogP contribution is 2.35. The normalized spacial score (nSPS) is 12.6. The third-order valence-electron chi connectivity index (χ3n) is 3.67. The molecule has 0 aromatic carbocycles.